The van der Waals surface area contributed by atoms with Gasteiger partial charge in [0.15, 0.2) is 0 Å². The highest BCUT2D eigenvalue weighted by molar-refractivity contribution is 5.52. The van der Waals surface area contributed by atoms with Gasteiger partial charge in [0, 0.05) is 31.0 Å². The molecule has 1 aliphatic rings. The van der Waals surface area contributed by atoms with Gasteiger partial charge in [0.2, 0.25) is 0 Å². The summed E-state index contributed by atoms with van der Waals surface area (Å²) in [6, 6.07) is 4.75. The van der Waals surface area contributed by atoms with Gasteiger partial charge in [0.1, 0.15) is 5.82 Å². The molecule has 2 rings (SSSR count). The number of rotatable bonds is 3. The predicted molar refractivity (Wildman–Crippen MR) is 68.8 cm³/mol. The molecule has 88 valence electrons. The van der Waals surface area contributed by atoms with E-state index >= 15 is 0 Å². The fraction of sp³-hybridized carbons (Fsp3) is 0.615. The Morgan fingerprint density at radius 1 is 1.38 bits per heavy atom. The van der Waals surface area contributed by atoms with E-state index in [1.165, 1.54) is 31.4 Å². The van der Waals surface area contributed by atoms with Crippen LogP contribution in [-0.4, -0.2) is 18.1 Å². The smallest absolute Gasteiger partial charge is 0.127 e. The molecule has 1 fully saturated rings. The molecule has 0 aromatic carbocycles. The Bertz CT molecular complexity index is 338. The van der Waals surface area contributed by atoms with E-state index < -0.39 is 0 Å². The van der Waals surface area contributed by atoms with Crippen LogP contribution in [0.15, 0.2) is 18.3 Å². The zero-order chi connectivity index (χ0) is 11.4. The maximum atomic E-state index is 4.21. The predicted octanol–water partition coefficient (Wildman–Crippen LogP) is 3.11. The molecule has 3 heteroatoms. The van der Waals surface area contributed by atoms with Crippen LogP contribution in [0.25, 0.3) is 0 Å². The minimum absolute atomic E-state index is 0.635. The Kier molecular flexibility index (Phi) is 3.65. The first-order chi connectivity index (χ1) is 7.78. The lowest BCUT2D eigenvalue weighted by Gasteiger charge is -2.28. The summed E-state index contributed by atoms with van der Waals surface area (Å²) in [6.07, 6.45) is 7.16. The van der Waals surface area contributed by atoms with Crippen molar-refractivity contribution < 1.29 is 0 Å². The average molecular weight is 219 g/mol. The molecule has 2 unspecified atom stereocenters. The first-order valence-electron chi connectivity index (χ1n) is 6.18. The Morgan fingerprint density at radius 2 is 2.25 bits per heavy atom. The topological polar surface area (TPSA) is 37.0 Å². The summed E-state index contributed by atoms with van der Waals surface area (Å²) in [5, 5.41) is 6.67. The van der Waals surface area contributed by atoms with Crippen molar-refractivity contribution in [2.45, 2.75) is 38.6 Å². The van der Waals surface area contributed by atoms with Crippen LogP contribution in [0.5, 0.6) is 0 Å². The van der Waals surface area contributed by atoms with Crippen molar-refractivity contribution >= 4 is 11.5 Å². The average Bonchev–Trinajstić information content (AvgIpc) is 2.29. The molecule has 3 nitrogen and oxygen atoms in total. The van der Waals surface area contributed by atoms with Crippen LogP contribution >= 0.6 is 0 Å². The molecule has 0 bridgehead atoms. The lowest BCUT2D eigenvalue weighted by molar-refractivity contribution is 0.358. The van der Waals surface area contributed by atoms with E-state index in [9.17, 15) is 0 Å². The summed E-state index contributed by atoms with van der Waals surface area (Å²) in [5.41, 5.74) is 1.18. The third-order valence-corrected chi connectivity index (χ3v) is 3.32. The van der Waals surface area contributed by atoms with Gasteiger partial charge in [-0.15, -0.1) is 0 Å². The fourth-order valence-electron chi connectivity index (χ4n) is 2.46. The van der Waals surface area contributed by atoms with E-state index in [-0.39, 0.29) is 0 Å². The normalized spacial score (nSPS) is 25.1. The molecule has 1 aromatic rings. The molecule has 2 atom stereocenters. The van der Waals surface area contributed by atoms with E-state index in [1.807, 2.05) is 19.3 Å². The van der Waals surface area contributed by atoms with Crippen molar-refractivity contribution in [3.63, 3.8) is 0 Å². The minimum Gasteiger partial charge on any atom is -0.382 e. The van der Waals surface area contributed by atoms with E-state index in [2.05, 4.69) is 28.6 Å². The molecule has 1 aromatic heterocycles. The highest BCUT2D eigenvalue weighted by Gasteiger charge is 2.18. The molecule has 1 aliphatic carbocycles. The monoisotopic (exact) mass is 219 g/mol. The maximum Gasteiger partial charge on any atom is 0.127 e. The first kappa shape index (κ1) is 11.2. The number of hydrogen-bond donors (Lipinski definition) is 2. The Balaban J connectivity index is 1.97. The Hall–Kier alpha value is -1.25. The summed E-state index contributed by atoms with van der Waals surface area (Å²) in [6.45, 7) is 2.35. The van der Waals surface area contributed by atoms with Crippen LogP contribution in [0, 0.1) is 5.92 Å². The number of nitrogens with one attached hydrogen (secondary N) is 2. The number of nitrogens with zero attached hydrogens (tertiary/aromatic N) is 1. The van der Waals surface area contributed by atoms with Crippen LogP contribution in [0.4, 0.5) is 11.5 Å². The second kappa shape index (κ2) is 5.19. The second-order valence-corrected chi connectivity index (χ2v) is 4.79. The zero-order valence-corrected chi connectivity index (χ0v) is 10.2. The van der Waals surface area contributed by atoms with Crippen LogP contribution in [-0.2, 0) is 0 Å². The zero-order valence-electron chi connectivity index (χ0n) is 10.2. The molecular formula is C13H21N3. The SMILES string of the molecule is CNc1cc(NC2CCCC(C)C2)ccn1. The molecule has 0 saturated heterocycles. The summed E-state index contributed by atoms with van der Waals surface area (Å²) in [4.78, 5) is 4.21. The Labute approximate surface area is 97.7 Å². The Morgan fingerprint density at radius 3 is 3.00 bits per heavy atom. The molecule has 0 amide bonds. The van der Waals surface area contributed by atoms with Crippen LogP contribution in [0.2, 0.25) is 0 Å². The molecule has 0 spiro atoms. The first-order valence-corrected chi connectivity index (χ1v) is 6.18. The number of anilines is 2. The molecular weight excluding hydrogens is 198 g/mol. The van der Waals surface area contributed by atoms with Crippen molar-refractivity contribution in [2.75, 3.05) is 17.7 Å². The number of aromatic nitrogens is 1. The fourth-order valence-corrected chi connectivity index (χ4v) is 2.46. The molecule has 16 heavy (non-hydrogen) atoms. The van der Waals surface area contributed by atoms with Gasteiger partial charge in [-0.2, -0.15) is 0 Å². The van der Waals surface area contributed by atoms with Crippen molar-refractivity contribution in [1.82, 2.24) is 4.98 Å². The summed E-state index contributed by atoms with van der Waals surface area (Å²) in [5.74, 6) is 1.78. The molecule has 2 N–H and O–H groups in total. The van der Waals surface area contributed by atoms with Gasteiger partial charge in [0.25, 0.3) is 0 Å². The van der Waals surface area contributed by atoms with Gasteiger partial charge in [-0.3, -0.25) is 0 Å². The van der Waals surface area contributed by atoms with E-state index in [0.29, 0.717) is 6.04 Å². The lowest BCUT2D eigenvalue weighted by atomic mass is 9.87. The van der Waals surface area contributed by atoms with E-state index in [0.717, 1.165) is 11.7 Å². The van der Waals surface area contributed by atoms with E-state index in [1.54, 1.807) is 0 Å². The molecule has 1 saturated carbocycles. The van der Waals surface area contributed by atoms with Crippen LogP contribution in [0.3, 0.4) is 0 Å². The summed E-state index contributed by atoms with van der Waals surface area (Å²) in [7, 11) is 1.90. The third-order valence-electron chi connectivity index (χ3n) is 3.32. The maximum absolute atomic E-state index is 4.21. The second-order valence-electron chi connectivity index (χ2n) is 4.79. The highest BCUT2D eigenvalue weighted by atomic mass is 15.0. The van der Waals surface area contributed by atoms with Gasteiger partial charge >= 0.3 is 0 Å². The van der Waals surface area contributed by atoms with Crippen molar-refractivity contribution in [1.29, 1.82) is 0 Å². The van der Waals surface area contributed by atoms with Gasteiger partial charge in [-0.1, -0.05) is 19.8 Å². The lowest BCUT2D eigenvalue weighted by Crippen LogP contribution is -2.26. The van der Waals surface area contributed by atoms with Crippen LogP contribution < -0.4 is 10.6 Å². The third kappa shape index (κ3) is 2.87. The van der Waals surface area contributed by atoms with Gasteiger partial charge < -0.3 is 10.6 Å². The number of pyridine rings is 1. The largest absolute Gasteiger partial charge is 0.382 e. The van der Waals surface area contributed by atoms with Gasteiger partial charge in [-0.05, 0) is 24.8 Å². The summed E-state index contributed by atoms with van der Waals surface area (Å²) >= 11 is 0. The van der Waals surface area contributed by atoms with E-state index in [4.69, 9.17) is 0 Å². The molecule has 1 heterocycles. The minimum atomic E-state index is 0.635. The van der Waals surface area contributed by atoms with Crippen molar-refractivity contribution in [3.8, 4) is 0 Å². The highest BCUT2D eigenvalue weighted by Crippen LogP contribution is 2.26. The van der Waals surface area contributed by atoms with Gasteiger partial charge in [-0.25, -0.2) is 4.98 Å². The molecule has 0 radical (unpaired) electrons. The van der Waals surface area contributed by atoms with Crippen LogP contribution in [0.1, 0.15) is 32.6 Å². The van der Waals surface area contributed by atoms with Crippen molar-refractivity contribution in [2.24, 2.45) is 5.92 Å². The number of hydrogen-bond acceptors (Lipinski definition) is 3. The quantitative estimate of drug-likeness (QED) is 0.820. The van der Waals surface area contributed by atoms with Crippen molar-refractivity contribution in [3.05, 3.63) is 18.3 Å². The summed E-state index contributed by atoms with van der Waals surface area (Å²) < 4.78 is 0. The van der Waals surface area contributed by atoms with Gasteiger partial charge in [0.05, 0.1) is 0 Å². The molecule has 0 aliphatic heterocycles. The standard InChI is InChI=1S/C13H21N3/c1-10-4-3-5-11(8-10)16-12-6-7-15-13(9-12)14-2/h6-7,9-11H,3-5,8H2,1-2H3,(H2,14,15,16).